The minimum absolute atomic E-state index is 0.455. The zero-order chi connectivity index (χ0) is 13.6. The number of rotatable bonds is 1. The summed E-state index contributed by atoms with van der Waals surface area (Å²) < 4.78 is 0. The molecule has 0 aliphatic rings. The molecule has 1 rings (SSSR count). The Morgan fingerprint density at radius 1 is 1.18 bits per heavy atom. The number of carbonyl (C=O) groups excluding carboxylic acids is 1. The number of benzene rings is 1. The molecule has 5 heteroatoms. The van der Waals surface area contributed by atoms with Crippen LogP contribution in [-0.2, 0) is 0 Å². The molecule has 0 heterocycles. The number of anilines is 1. The van der Waals surface area contributed by atoms with Crippen LogP contribution in [0.3, 0.4) is 0 Å². The number of hydrogen-bond donors (Lipinski definition) is 2. The van der Waals surface area contributed by atoms with Crippen LogP contribution >= 0.6 is 0 Å². The molecule has 17 heavy (non-hydrogen) atoms. The zero-order valence-electron chi connectivity index (χ0n) is 11.2. The lowest BCUT2D eigenvalue weighted by Gasteiger charge is -2.22. The maximum Gasteiger partial charge on any atom is 0.352 e. The average Bonchev–Trinajstić information content (AvgIpc) is 2.33. The number of hydrogen-bond acceptors (Lipinski definition) is 3. The summed E-state index contributed by atoms with van der Waals surface area (Å²) in [6, 6.07) is 5.14. The summed E-state index contributed by atoms with van der Waals surface area (Å²) in [5.41, 5.74) is 2.71. The van der Waals surface area contributed by atoms with E-state index in [9.17, 15) is 4.79 Å². The minimum atomic E-state index is -0.455. The van der Waals surface area contributed by atoms with Gasteiger partial charge in [-0.05, 0) is 31.0 Å². The smallest absolute Gasteiger partial charge is 0.264 e. The van der Waals surface area contributed by atoms with Gasteiger partial charge in [0.2, 0.25) is 0 Å². The van der Waals surface area contributed by atoms with Gasteiger partial charge in [0.1, 0.15) is 0 Å². The van der Waals surface area contributed by atoms with Crippen LogP contribution in [0.4, 0.5) is 10.5 Å². The summed E-state index contributed by atoms with van der Waals surface area (Å²) >= 11 is 0. The summed E-state index contributed by atoms with van der Waals surface area (Å²) in [4.78, 5) is 11.5. The largest absolute Gasteiger partial charge is 0.352 e. The fourth-order valence-electron chi connectivity index (χ4n) is 1.27. The highest BCUT2D eigenvalue weighted by molar-refractivity contribution is 5.91. The van der Waals surface area contributed by atoms with Crippen molar-refractivity contribution in [3.63, 3.8) is 0 Å². The Morgan fingerprint density at radius 3 is 2.18 bits per heavy atom. The van der Waals surface area contributed by atoms with Crippen molar-refractivity contribution < 1.29 is 4.79 Å². The van der Waals surface area contributed by atoms with Crippen molar-refractivity contribution in [3.05, 3.63) is 29.3 Å². The Kier molecular flexibility index (Phi) is 6.23. The fraction of sp³-hybridized carbons (Fsp3) is 0.417. The summed E-state index contributed by atoms with van der Waals surface area (Å²) in [7, 11) is 1.45. The van der Waals surface area contributed by atoms with Gasteiger partial charge < -0.3 is 0 Å². The molecular formula is C12H22N4O. The van der Waals surface area contributed by atoms with E-state index in [0.29, 0.717) is 5.69 Å². The molecule has 0 spiro atoms. The first-order valence-electron chi connectivity index (χ1n) is 5.58. The van der Waals surface area contributed by atoms with E-state index in [1.807, 2.05) is 39.8 Å². The SMILES string of the molecule is CC.Cc1cccc(N(N)C(=O)N(C)N)c1C. The Hall–Kier alpha value is -1.59. The number of carbonyl (C=O) groups is 1. The summed E-state index contributed by atoms with van der Waals surface area (Å²) in [5.74, 6) is 11.0. The van der Waals surface area contributed by atoms with Crippen molar-refractivity contribution in [2.24, 2.45) is 11.7 Å². The lowest BCUT2D eigenvalue weighted by Crippen LogP contribution is -2.48. The number of nitrogens with two attached hydrogens (primary N) is 2. The third kappa shape index (κ3) is 3.72. The maximum absolute atomic E-state index is 11.5. The van der Waals surface area contributed by atoms with Crippen molar-refractivity contribution >= 4 is 11.7 Å². The number of aryl methyl sites for hydroxylation is 1. The first-order valence-corrected chi connectivity index (χ1v) is 5.58. The van der Waals surface area contributed by atoms with Gasteiger partial charge in [-0.2, -0.15) is 0 Å². The molecule has 0 aromatic heterocycles. The molecular weight excluding hydrogens is 216 g/mol. The third-order valence-electron chi connectivity index (χ3n) is 2.34. The van der Waals surface area contributed by atoms with Crippen molar-refractivity contribution in [3.8, 4) is 0 Å². The van der Waals surface area contributed by atoms with Gasteiger partial charge in [-0.25, -0.2) is 21.5 Å². The number of urea groups is 1. The summed E-state index contributed by atoms with van der Waals surface area (Å²) in [6.45, 7) is 7.87. The topological polar surface area (TPSA) is 75.6 Å². The molecule has 0 aliphatic heterocycles. The third-order valence-corrected chi connectivity index (χ3v) is 2.34. The van der Waals surface area contributed by atoms with Gasteiger partial charge in [0.15, 0.2) is 0 Å². The summed E-state index contributed by atoms with van der Waals surface area (Å²) in [5, 5.41) is 1.99. The van der Waals surface area contributed by atoms with E-state index in [4.69, 9.17) is 11.7 Å². The first kappa shape index (κ1) is 15.4. The van der Waals surface area contributed by atoms with Gasteiger partial charge in [0, 0.05) is 7.05 Å². The van der Waals surface area contributed by atoms with E-state index in [1.165, 1.54) is 7.05 Å². The highest BCUT2D eigenvalue weighted by Crippen LogP contribution is 2.20. The number of nitrogens with zero attached hydrogens (tertiary/aromatic N) is 2. The number of hydrazine groups is 2. The van der Waals surface area contributed by atoms with Crippen molar-refractivity contribution in [2.45, 2.75) is 27.7 Å². The quantitative estimate of drug-likeness (QED) is 0.446. The molecule has 0 saturated carbocycles. The van der Waals surface area contributed by atoms with E-state index < -0.39 is 6.03 Å². The van der Waals surface area contributed by atoms with Gasteiger partial charge in [-0.1, -0.05) is 26.0 Å². The summed E-state index contributed by atoms with van der Waals surface area (Å²) in [6.07, 6.45) is 0. The highest BCUT2D eigenvalue weighted by atomic mass is 16.2. The van der Waals surface area contributed by atoms with Gasteiger partial charge in [0.05, 0.1) is 5.69 Å². The molecule has 96 valence electrons. The van der Waals surface area contributed by atoms with Crippen LogP contribution in [0.25, 0.3) is 0 Å². The Bertz CT molecular complexity index is 377. The molecule has 0 atom stereocenters. The molecule has 4 N–H and O–H groups in total. The van der Waals surface area contributed by atoms with Crippen LogP contribution in [0.1, 0.15) is 25.0 Å². The Balaban J connectivity index is 0.00000121. The van der Waals surface area contributed by atoms with Gasteiger partial charge in [-0.3, -0.25) is 5.01 Å². The van der Waals surface area contributed by atoms with Gasteiger partial charge in [0.25, 0.3) is 0 Å². The lowest BCUT2D eigenvalue weighted by molar-refractivity contribution is 0.216. The molecule has 0 bridgehead atoms. The molecule has 0 saturated heterocycles. The van der Waals surface area contributed by atoms with E-state index in [1.54, 1.807) is 6.07 Å². The predicted octanol–water partition coefficient (Wildman–Crippen LogP) is 1.94. The molecule has 5 nitrogen and oxygen atoms in total. The van der Waals surface area contributed by atoms with Crippen LogP contribution in [-0.4, -0.2) is 18.1 Å². The average molecular weight is 238 g/mol. The fourth-order valence-corrected chi connectivity index (χ4v) is 1.27. The zero-order valence-corrected chi connectivity index (χ0v) is 11.2. The second-order valence-corrected chi connectivity index (χ2v) is 3.48. The molecule has 1 aromatic carbocycles. The Labute approximate surface area is 103 Å². The van der Waals surface area contributed by atoms with E-state index >= 15 is 0 Å². The highest BCUT2D eigenvalue weighted by Gasteiger charge is 2.16. The molecule has 0 fully saturated rings. The first-order chi connectivity index (χ1) is 7.95. The van der Waals surface area contributed by atoms with Gasteiger partial charge >= 0.3 is 6.03 Å². The molecule has 1 aromatic rings. The second-order valence-electron chi connectivity index (χ2n) is 3.48. The Morgan fingerprint density at radius 2 is 1.71 bits per heavy atom. The lowest BCUT2D eigenvalue weighted by atomic mass is 10.1. The van der Waals surface area contributed by atoms with Crippen LogP contribution < -0.4 is 16.7 Å². The van der Waals surface area contributed by atoms with E-state index in [-0.39, 0.29) is 0 Å². The molecule has 0 radical (unpaired) electrons. The van der Waals surface area contributed by atoms with E-state index in [2.05, 4.69) is 0 Å². The van der Waals surface area contributed by atoms with Crippen LogP contribution in [0, 0.1) is 13.8 Å². The molecule has 0 unspecified atom stereocenters. The van der Waals surface area contributed by atoms with Crippen molar-refractivity contribution in [1.82, 2.24) is 5.01 Å². The van der Waals surface area contributed by atoms with Crippen molar-refractivity contribution in [1.29, 1.82) is 0 Å². The normalized spacial score (nSPS) is 9.12. The minimum Gasteiger partial charge on any atom is -0.264 e. The van der Waals surface area contributed by atoms with Crippen LogP contribution in [0.2, 0.25) is 0 Å². The van der Waals surface area contributed by atoms with Crippen LogP contribution in [0.5, 0.6) is 0 Å². The monoisotopic (exact) mass is 238 g/mol. The van der Waals surface area contributed by atoms with E-state index in [0.717, 1.165) is 21.1 Å². The maximum atomic E-state index is 11.5. The van der Waals surface area contributed by atoms with Gasteiger partial charge in [-0.15, -0.1) is 0 Å². The predicted molar refractivity (Wildman–Crippen MR) is 71.3 cm³/mol. The standard InChI is InChI=1S/C10H16N4O.C2H6/c1-7-5-4-6-9(8(7)2)14(12)10(15)13(3)11;1-2/h4-6H,11-12H2,1-3H3;1-2H3. The van der Waals surface area contributed by atoms with Crippen molar-refractivity contribution in [2.75, 3.05) is 12.1 Å². The number of amides is 2. The van der Waals surface area contributed by atoms with Crippen LogP contribution in [0.15, 0.2) is 18.2 Å². The molecule has 2 amide bonds. The molecule has 0 aliphatic carbocycles. The second kappa shape index (κ2) is 6.88.